The number of amides is 1. The lowest BCUT2D eigenvalue weighted by molar-refractivity contribution is -0.146. The van der Waals surface area contributed by atoms with E-state index in [1.807, 2.05) is 48.5 Å². The standard InChI is InChI=1S/C20H20N2O5/c1-12(23)10-20(21,18(24)25)22-19(26)27-11-17-15-8-4-2-6-13(15)14-7-3-5-9-16(14)17/h2-9,17H,10-11,21H2,1H3,(H,22,26)(H,24,25). The molecule has 7 heteroatoms. The number of carboxylic acids is 1. The molecular formula is C20H20N2O5. The molecule has 1 amide bonds. The van der Waals surface area contributed by atoms with Crippen molar-refractivity contribution in [1.82, 2.24) is 5.32 Å². The molecule has 0 aliphatic heterocycles. The monoisotopic (exact) mass is 368 g/mol. The number of aliphatic carboxylic acids is 1. The van der Waals surface area contributed by atoms with Crippen molar-refractivity contribution in [1.29, 1.82) is 0 Å². The molecule has 4 N–H and O–H groups in total. The van der Waals surface area contributed by atoms with E-state index >= 15 is 0 Å². The van der Waals surface area contributed by atoms with E-state index in [0.29, 0.717) is 0 Å². The van der Waals surface area contributed by atoms with Crippen molar-refractivity contribution in [3.05, 3.63) is 59.7 Å². The van der Waals surface area contributed by atoms with Crippen LogP contribution in [0.15, 0.2) is 48.5 Å². The maximum atomic E-state index is 12.1. The lowest BCUT2D eigenvalue weighted by atomic mass is 9.98. The fourth-order valence-electron chi connectivity index (χ4n) is 3.38. The Morgan fingerprint density at radius 1 is 1.07 bits per heavy atom. The van der Waals surface area contributed by atoms with E-state index in [9.17, 15) is 19.5 Å². The lowest BCUT2D eigenvalue weighted by Gasteiger charge is -2.25. The van der Waals surface area contributed by atoms with Crippen molar-refractivity contribution >= 4 is 17.8 Å². The van der Waals surface area contributed by atoms with Gasteiger partial charge < -0.3 is 9.84 Å². The first-order valence-electron chi connectivity index (χ1n) is 8.46. The summed E-state index contributed by atoms with van der Waals surface area (Å²) in [6.07, 6.45) is -1.52. The number of nitrogens with one attached hydrogen (secondary N) is 1. The number of fused-ring (bicyclic) bond motifs is 3. The van der Waals surface area contributed by atoms with E-state index < -0.39 is 29.9 Å². The molecule has 2 aromatic rings. The van der Waals surface area contributed by atoms with Gasteiger partial charge >= 0.3 is 12.1 Å². The molecule has 1 unspecified atom stereocenters. The fraction of sp³-hybridized carbons (Fsp3) is 0.250. The van der Waals surface area contributed by atoms with E-state index in [1.165, 1.54) is 6.92 Å². The van der Waals surface area contributed by atoms with E-state index in [2.05, 4.69) is 5.32 Å². The summed E-state index contributed by atoms with van der Waals surface area (Å²) >= 11 is 0. The molecule has 0 aromatic heterocycles. The summed E-state index contributed by atoms with van der Waals surface area (Å²) in [7, 11) is 0. The van der Waals surface area contributed by atoms with Gasteiger partial charge in [0.15, 0.2) is 5.66 Å². The van der Waals surface area contributed by atoms with Crippen LogP contribution in [0.4, 0.5) is 4.79 Å². The maximum absolute atomic E-state index is 12.1. The Hall–Kier alpha value is -3.19. The molecule has 1 atom stereocenters. The molecule has 1 aliphatic rings. The number of carbonyl (C=O) groups is 3. The normalized spacial score (nSPS) is 14.6. The zero-order chi connectivity index (χ0) is 19.6. The van der Waals surface area contributed by atoms with Gasteiger partial charge in [-0.25, -0.2) is 9.59 Å². The molecule has 27 heavy (non-hydrogen) atoms. The van der Waals surface area contributed by atoms with Gasteiger partial charge in [0.2, 0.25) is 0 Å². The van der Waals surface area contributed by atoms with Crippen molar-refractivity contribution in [2.75, 3.05) is 6.61 Å². The van der Waals surface area contributed by atoms with Gasteiger partial charge in [-0.2, -0.15) is 0 Å². The minimum absolute atomic E-state index is 0.0234. The Balaban J connectivity index is 1.74. The number of Topliss-reactive ketones (excluding diaryl/α,β-unsaturated/α-hetero) is 1. The first-order valence-corrected chi connectivity index (χ1v) is 8.46. The van der Waals surface area contributed by atoms with Gasteiger partial charge in [0, 0.05) is 5.92 Å². The molecule has 0 heterocycles. The topological polar surface area (TPSA) is 119 Å². The second kappa shape index (κ2) is 7.20. The van der Waals surface area contributed by atoms with Gasteiger partial charge in [-0.1, -0.05) is 48.5 Å². The zero-order valence-corrected chi connectivity index (χ0v) is 14.8. The third-order valence-electron chi connectivity index (χ3n) is 4.58. The highest BCUT2D eigenvalue weighted by Crippen LogP contribution is 2.44. The molecule has 0 fully saturated rings. The number of nitrogens with two attached hydrogens (primary N) is 1. The van der Waals surface area contributed by atoms with Gasteiger partial charge in [0.1, 0.15) is 12.4 Å². The summed E-state index contributed by atoms with van der Waals surface area (Å²) in [4.78, 5) is 34.7. The van der Waals surface area contributed by atoms with E-state index in [-0.39, 0.29) is 12.5 Å². The number of hydrogen-bond donors (Lipinski definition) is 3. The number of ketones is 1. The van der Waals surface area contributed by atoms with Crippen LogP contribution in [0.25, 0.3) is 11.1 Å². The van der Waals surface area contributed by atoms with Crippen LogP contribution in [0.5, 0.6) is 0 Å². The van der Waals surface area contributed by atoms with Crippen LogP contribution in [-0.4, -0.2) is 35.2 Å². The minimum Gasteiger partial charge on any atom is -0.478 e. The summed E-state index contributed by atoms with van der Waals surface area (Å²) in [5, 5.41) is 11.3. The Kier molecular flexibility index (Phi) is 4.96. The number of carboxylic acid groups (broad SMARTS) is 1. The number of hydrogen-bond acceptors (Lipinski definition) is 5. The van der Waals surface area contributed by atoms with E-state index in [0.717, 1.165) is 22.3 Å². The highest BCUT2D eigenvalue weighted by atomic mass is 16.5. The van der Waals surface area contributed by atoms with Gasteiger partial charge in [-0.15, -0.1) is 0 Å². The highest BCUT2D eigenvalue weighted by molar-refractivity contribution is 5.90. The first kappa shape index (κ1) is 18.6. The zero-order valence-electron chi connectivity index (χ0n) is 14.8. The number of alkyl carbamates (subject to hydrolysis) is 1. The average molecular weight is 368 g/mol. The van der Waals surface area contributed by atoms with Crippen molar-refractivity contribution in [3.8, 4) is 11.1 Å². The van der Waals surface area contributed by atoms with Crippen LogP contribution in [0.3, 0.4) is 0 Å². The van der Waals surface area contributed by atoms with Gasteiger partial charge in [0.05, 0.1) is 6.42 Å². The minimum atomic E-state index is -2.20. The number of carbonyl (C=O) groups excluding carboxylic acids is 2. The maximum Gasteiger partial charge on any atom is 0.409 e. The lowest BCUT2D eigenvalue weighted by Crippen LogP contribution is -2.62. The van der Waals surface area contributed by atoms with Crippen LogP contribution in [-0.2, 0) is 14.3 Å². The number of ether oxygens (including phenoxy) is 1. The molecule has 0 spiro atoms. The molecule has 7 nitrogen and oxygen atoms in total. The molecule has 2 aromatic carbocycles. The Bertz CT molecular complexity index is 865. The molecule has 3 rings (SSSR count). The highest BCUT2D eigenvalue weighted by Gasteiger charge is 2.38. The SMILES string of the molecule is CC(=O)CC(N)(NC(=O)OCC1c2ccccc2-c2ccccc21)C(=O)O. The van der Waals surface area contributed by atoms with Crippen LogP contribution in [0.2, 0.25) is 0 Å². The Labute approximate surface area is 156 Å². The smallest absolute Gasteiger partial charge is 0.409 e. The van der Waals surface area contributed by atoms with Gasteiger partial charge in [0.25, 0.3) is 0 Å². The van der Waals surface area contributed by atoms with Crippen molar-refractivity contribution < 1.29 is 24.2 Å². The van der Waals surface area contributed by atoms with E-state index in [4.69, 9.17) is 10.5 Å². The van der Waals surface area contributed by atoms with Crippen molar-refractivity contribution in [2.24, 2.45) is 5.73 Å². The molecular weight excluding hydrogens is 348 g/mol. The molecule has 140 valence electrons. The molecule has 0 bridgehead atoms. The number of rotatable bonds is 6. The quantitative estimate of drug-likeness (QED) is 0.673. The third kappa shape index (κ3) is 3.68. The summed E-state index contributed by atoms with van der Waals surface area (Å²) in [5.41, 5.74) is 7.68. The number of benzene rings is 2. The van der Waals surface area contributed by atoms with Gasteiger partial charge in [-0.05, 0) is 29.2 Å². The summed E-state index contributed by atoms with van der Waals surface area (Å²) in [6, 6.07) is 15.7. The second-order valence-corrected chi connectivity index (χ2v) is 6.61. The van der Waals surface area contributed by atoms with Gasteiger partial charge in [-0.3, -0.25) is 15.8 Å². The predicted octanol–water partition coefficient (Wildman–Crippen LogP) is 2.24. The van der Waals surface area contributed by atoms with Crippen LogP contribution in [0, 0.1) is 0 Å². The summed E-state index contributed by atoms with van der Waals surface area (Å²) in [5.74, 6) is -2.13. The van der Waals surface area contributed by atoms with Crippen molar-refractivity contribution in [3.63, 3.8) is 0 Å². The van der Waals surface area contributed by atoms with Crippen LogP contribution >= 0.6 is 0 Å². The molecule has 0 saturated carbocycles. The molecule has 0 saturated heterocycles. The average Bonchev–Trinajstić information content (AvgIpc) is 2.93. The second-order valence-electron chi connectivity index (χ2n) is 6.61. The Morgan fingerprint density at radius 2 is 1.59 bits per heavy atom. The predicted molar refractivity (Wildman–Crippen MR) is 98.1 cm³/mol. The largest absolute Gasteiger partial charge is 0.478 e. The Morgan fingerprint density at radius 3 is 2.07 bits per heavy atom. The summed E-state index contributed by atoms with van der Waals surface area (Å²) in [6.45, 7) is 1.22. The molecule has 0 radical (unpaired) electrons. The summed E-state index contributed by atoms with van der Waals surface area (Å²) < 4.78 is 5.26. The molecule has 1 aliphatic carbocycles. The van der Waals surface area contributed by atoms with Crippen LogP contribution in [0.1, 0.15) is 30.4 Å². The van der Waals surface area contributed by atoms with Crippen molar-refractivity contribution in [2.45, 2.75) is 24.9 Å². The third-order valence-corrected chi connectivity index (χ3v) is 4.58. The van der Waals surface area contributed by atoms with E-state index in [1.54, 1.807) is 0 Å². The fourth-order valence-corrected chi connectivity index (χ4v) is 3.38. The first-order chi connectivity index (χ1) is 12.8. The van der Waals surface area contributed by atoms with Crippen LogP contribution < -0.4 is 11.1 Å².